The first-order chi connectivity index (χ1) is 16.9. The molecule has 1 aromatic carbocycles. The number of nitrogens with one attached hydrogen (secondary N) is 1. The summed E-state index contributed by atoms with van der Waals surface area (Å²) in [7, 11) is -3.72. The molecule has 0 aliphatic carbocycles. The summed E-state index contributed by atoms with van der Waals surface area (Å²) in [6.07, 6.45) is 9.06. The Labute approximate surface area is 207 Å². The number of hydrogen-bond acceptors (Lipinski definition) is 5. The number of likely N-dealkylation sites (tertiary alicyclic amines) is 1. The minimum Gasteiger partial charge on any atom is -0.350 e. The monoisotopic (exact) mass is 500 g/mol. The number of carbonyl (C=O) groups is 1. The van der Waals surface area contributed by atoms with Crippen LogP contribution in [0.25, 0.3) is 10.9 Å². The molecule has 1 N–H and O–H groups in total. The zero-order valence-electron chi connectivity index (χ0n) is 20.5. The van der Waals surface area contributed by atoms with Gasteiger partial charge in [-0.05, 0) is 57.0 Å². The number of rotatable bonds is 8. The number of nitrogens with zero attached hydrogens (tertiary/aromatic N) is 3. The van der Waals surface area contributed by atoms with Gasteiger partial charge in [-0.25, -0.2) is 8.42 Å². The van der Waals surface area contributed by atoms with Gasteiger partial charge in [-0.1, -0.05) is 25.8 Å². The zero-order valence-corrected chi connectivity index (χ0v) is 21.4. The van der Waals surface area contributed by atoms with Crippen molar-refractivity contribution in [3.63, 3.8) is 0 Å². The number of likely N-dealkylation sites (N-methyl/N-ethyl adjacent to an activating group) is 1. The smallest absolute Gasteiger partial charge is 0.256 e. The van der Waals surface area contributed by atoms with E-state index in [2.05, 4.69) is 23.7 Å². The first kappa shape index (κ1) is 25.6. The maximum absolute atomic E-state index is 13.4. The number of pyridine rings is 1. The third-order valence-electron chi connectivity index (χ3n) is 7.23. The van der Waals surface area contributed by atoms with Crippen LogP contribution in [-0.2, 0) is 16.6 Å². The third-order valence-corrected chi connectivity index (χ3v) is 9.12. The van der Waals surface area contributed by atoms with E-state index in [9.17, 15) is 18.0 Å². The van der Waals surface area contributed by atoms with Crippen molar-refractivity contribution in [2.24, 2.45) is 0 Å². The SMILES string of the molecule is C=CCn1cc(C(=O)NCC2CCCN2CC)c(=O)c2cc(S(=O)(=O)N3CCCCCC3)ccc21. The van der Waals surface area contributed by atoms with E-state index in [4.69, 9.17) is 0 Å². The fourth-order valence-electron chi connectivity index (χ4n) is 5.27. The van der Waals surface area contributed by atoms with Gasteiger partial charge in [0.1, 0.15) is 5.56 Å². The summed E-state index contributed by atoms with van der Waals surface area (Å²) >= 11 is 0. The lowest BCUT2D eigenvalue weighted by Crippen LogP contribution is -2.41. The van der Waals surface area contributed by atoms with Gasteiger partial charge in [0.25, 0.3) is 5.91 Å². The number of carbonyl (C=O) groups excluding carboxylic acids is 1. The van der Waals surface area contributed by atoms with Crippen molar-refractivity contribution in [3.05, 3.63) is 52.8 Å². The van der Waals surface area contributed by atoms with Crippen LogP contribution in [0, 0.1) is 0 Å². The van der Waals surface area contributed by atoms with Crippen molar-refractivity contribution in [3.8, 4) is 0 Å². The summed E-state index contributed by atoms with van der Waals surface area (Å²) < 4.78 is 30.0. The largest absolute Gasteiger partial charge is 0.350 e. The average molecular weight is 501 g/mol. The number of sulfonamides is 1. The Balaban J connectivity index is 1.69. The third kappa shape index (κ3) is 5.37. The highest BCUT2D eigenvalue weighted by Gasteiger charge is 2.27. The van der Waals surface area contributed by atoms with Crippen LogP contribution in [-0.4, -0.2) is 66.9 Å². The van der Waals surface area contributed by atoms with Gasteiger partial charge in [0.2, 0.25) is 15.5 Å². The van der Waals surface area contributed by atoms with Crippen LogP contribution in [0.1, 0.15) is 55.8 Å². The summed E-state index contributed by atoms with van der Waals surface area (Å²) in [6, 6.07) is 4.92. The minimum absolute atomic E-state index is 0.0183. The predicted molar refractivity (Wildman–Crippen MR) is 138 cm³/mol. The normalized spacial score (nSPS) is 20.1. The molecule has 4 rings (SSSR count). The molecule has 2 saturated heterocycles. The van der Waals surface area contributed by atoms with E-state index in [0.717, 1.165) is 51.6 Å². The fraction of sp³-hybridized carbons (Fsp3) is 0.538. The fourth-order valence-corrected chi connectivity index (χ4v) is 6.81. The van der Waals surface area contributed by atoms with Gasteiger partial charge in [-0.3, -0.25) is 14.5 Å². The van der Waals surface area contributed by atoms with Gasteiger partial charge in [-0.2, -0.15) is 4.31 Å². The standard InChI is InChI=1S/C26H36N4O4S/c1-3-13-29-19-23(26(32)27-18-20-10-9-14-28(20)4-2)25(31)22-17-21(11-12-24(22)29)35(33,34)30-15-7-5-6-8-16-30/h3,11-12,17,19-20H,1,4-10,13-16,18H2,2H3,(H,27,32). The first-order valence-corrected chi connectivity index (χ1v) is 14.1. The number of amides is 1. The number of aromatic nitrogens is 1. The lowest BCUT2D eigenvalue weighted by Gasteiger charge is -2.23. The molecule has 1 amide bonds. The molecule has 0 saturated carbocycles. The van der Waals surface area contributed by atoms with Crippen molar-refractivity contribution in [2.45, 2.75) is 62.9 Å². The van der Waals surface area contributed by atoms with Crippen molar-refractivity contribution >= 4 is 26.8 Å². The molecule has 2 fully saturated rings. The molecule has 2 aliphatic heterocycles. The highest BCUT2D eigenvalue weighted by Crippen LogP contribution is 2.24. The Morgan fingerprint density at radius 1 is 1.14 bits per heavy atom. The maximum Gasteiger partial charge on any atom is 0.256 e. The van der Waals surface area contributed by atoms with E-state index >= 15 is 0 Å². The molecule has 0 spiro atoms. The highest BCUT2D eigenvalue weighted by atomic mass is 32.2. The summed E-state index contributed by atoms with van der Waals surface area (Å²) in [4.78, 5) is 28.9. The molecule has 2 aromatic rings. The molecule has 3 heterocycles. The van der Waals surface area contributed by atoms with Crippen LogP contribution in [0.2, 0.25) is 0 Å². The Kier molecular flexibility index (Phi) is 8.09. The lowest BCUT2D eigenvalue weighted by molar-refractivity contribution is 0.0939. The molecule has 9 heteroatoms. The van der Waals surface area contributed by atoms with E-state index in [1.807, 2.05) is 0 Å². The number of benzene rings is 1. The minimum atomic E-state index is -3.72. The van der Waals surface area contributed by atoms with Crippen LogP contribution in [0.4, 0.5) is 0 Å². The van der Waals surface area contributed by atoms with Gasteiger partial charge in [0.05, 0.1) is 10.4 Å². The molecule has 0 bridgehead atoms. The number of fused-ring (bicyclic) bond motifs is 1. The van der Waals surface area contributed by atoms with Crippen LogP contribution in [0.5, 0.6) is 0 Å². The summed E-state index contributed by atoms with van der Waals surface area (Å²) in [6.45, 7) is 9.68. The van der Waals surface area contributed by atoms with Gasteiger partial charge in [-0.15, -0.1) is 6.58 Å². The topological polar surface area (TPSA) is 91.7 Å². The zero-order chi connectivity index (χ0) is 25.0. The van der Waals surface area contributed by atoms with Gasteiger partial charge < -0.3 is 9.88 Å². The molecule has 190 valence electrons. The molecule has 2 aliphatic rings. The van der Waals surface area contributed by atoms with Crippen molar-refractivity contribution in [1.82, 2.24) is 19.1 Å². The number of hydrogen-bond donors (Lipinski definition) is 1. The Bertz CT molecular complexity index is 1250. The van der Waals surface area contributed by atoms with Gasteiger partial charge >= 0.3 is 0 Å². The number of allylic oxidation sites excluding steroid dienone is 1. The Morgan fingerprint density at radius 3 is 2.57 bits per heavy atom. The van der Waals surface area contributed by atoms with Crippen molar-refractivity contribution in [2.75, 3.05) is 32.7 Å². The Morgan fingerprint density at radius 2 is 1.89 bits per heavy atom. The molecule has 1 aromatic heterocycles. The second-order valence-electron chi connectivity index (χ2n) is 9.44. The van der Waals surface area contributed by atoms with E-state index < -0.39 is 21.4 Å². The van der Waals surface area contributed by atoms with Crippen LogP contribution < -0.4 is 10.7 Å². The van der Waals surface area contributed by atoms with E-state index in [1.54, 1.807) is 29.0 Å². The molecular formula is C26H36N4O4S. The van der Waals surface area contributed by atoms with E-state index in [0.29, 0.717) is 31.7 Å². The van der Waals surface area contributed by atoms with Crippen LogP contribution >= 0.6 is 0 Å². The molecule has 0 radical (unpaired) electrons. The molecule has 8 nitrogen and oxygen atoms in total. The summed E-state index contributed by atoms with van der Waals surface area (Å²) in [5.41, 5.74) is 0.142. The summed E-state index contributed by atoms with van der Waals surface area (Å²) in [5.74, 6) is -0.432. The van der Waals surface area contributed by atoms with E-state index in [1.165, 1.54) is 10.4 Å². The lowest BCUT2D eigenvalue weighted by atomic mass is 10.1. The quantitative estimate of drug-likeness (QED) is 0.563. The highest BCUT2D eigenvalue weighted by molar-refractivity contribution is 7.89. The van der Waals surface area contributed by atoms with Crippen LogP contribution in [0.15, 0.2) is 46.7 Å². The molecule has 1 atom stereocenters. The van der Waals surface area contributed by atoms with E-state index in [-0.39, 0.29) is 21.9 Å². The van der Waals surface area contributed by atoms with Gasteiger partial charge in [0, 0.05) is 43.8 Å². The summed E-state index contributed by atoms with van der Waals surface area (Å²) in [5, 5.41) is 3.17. The second kappa shape index (κ2) is 11.1. The molecular weight excluding hydrogens is 464 g/mol. The predicted octanol–water partition coefficient (Wildman–Crippen LogP) is 2.97. The maximum atomic E-state index is 13.4. The second-order valence-corrected chi connectivity index (χ2v) is 11.4. The van der Waals surface area contributed by atoms with Crippen molar-refractivity contribution in [1.29, 1.82) is 0 Å². The Hall–Kier alpha value is -2.49. The molecule has 35 heavy (non-hydrogen) atoms. The van der Waals surface area contributed by atoms with Gasteiger partial charge in [0.15, 0.2) is 0 Å². The molecule has 1 unspecified atom stereocenters. The average Bonchev–Trinajstić information content (AvgIpc) is 3.13. The van der Waals surface area contributed by atoms with Crippen LogP contribution in [0.3, 0.4) is 0 Å². The van der Waals surface area contributed by atoms with Crippen molar-refractivity contribution < 1.29 is 13.2 Å². The first-order valence-electron chi connectivity index (χ1n) is 12.7.